The summed E-state index contributed by atoms with van der Waals surface area (Å²) in [5.41, 5.74) is -0.349. The van der Waals surface area contributed by atoms with Gasteiger partial charge in [0, 0.05) is 23.8 Å². The van der Waals surface area contributed by atoms with Crippen LogP contribution in [-0.4, -0.2) is 34.7 Å². The van der Waals surface area contributed by atoms with Crippen molar-refractivity contribution < 1.29 is 19.4 Å². The van der Waals surface area contributed by atoms with E-state index in [9.17, 15) is 20.0 Å². The van der Waals surface area contributed by atoms with Crippen molar-refractivity contribution in [1.82, 2.24) is 0 Å². The van der Waals surface area contributed by atoms with Gasteiger partial charge >= 0.3 is 0 Å². The van der Waals surface area contributed by atoms with Crippen molar-refractivity contribution in [1.29, 1.82) is 5.26 Å². The van der Waals surface area contributed by atoms with Gasteiger partial charge in [-0.1, -0.05) is 44.0 Å². The van der Waals surface area contributed by atoms with Gasteiger partial charge in [0.15, 0.2) is 0 Å². The van der Waals surface area contributed by atoms with Crippen LogP contribution >= 0.6 is 0 Å². The zero-order valence-corrected chi connectivity index (χ0v) is 17.6. The van der Waals surface area contributed by atoms with Crippen molar-refractivity contribution in [3.8, 4) is 6.07 Å². The molecule has 2 aromatic carbocycles. The molecular weight excluding hydrogens is 392 g/mol. The van der Waals surface area contributed by atoms with Gasteiger partial charge in [-0.15, -0.1) is 0 Å². The maximum absolute atomic E-state index is 13.8. The van der Waals surface area contributed by atoms with Crippen LogP contribution in [0.2, 0.25) is 0 Å². The lowest BCUT2D eigenvalue weighted by Crippen LogP contribution is -2.43. The van der Waals surface area contributed by atoms with E-state index >= 15 is 0 Å². The minimum Gasteiger partial charge on any atom is -0.396 e. The van der Waals surface area contributed by atoms with Crippen molar-refractivity contribution in [2.45, 2.75) is 56.7 Å². The first kappa shape index (κ1) is 20.2. The van der Waals surface area contributed by atoms with Crippen LogP contribution in [0.5, 0.6) is 0 Å². The molecule has 0 saturated carbocycles. The quantitative estimate of drug-likeness (QED) is 0.723. The van der Waals surface area contributed by atoms with E-state index in [0.717, 1.165) is 36.5 Å². The first-order chi connectivity index (χ1) is 15.0. The van der Waals surface area contributed by atoms with Gasteiger partial charge in [0.25, 0.3) is 0 Å². The van der Waals surface area contributed by atoms with Crippen molar-refractivity contribution in [3.05, 3.63) is 42.0 Å². The summed E-state index contributed by atoms with van der Waals surface area (Å²) in [5, 5.41) is 20.7. The Morgan fingerprint density at radius 2 is 1.71 bits per heavy atom. The van der Waals surface area contributed by atoms with Crippen LogP contribution in [0, 0.1) is 23.2 Å². The average Bonchev–Trinajstić information content (AvgIpc) is 3.38. The van der Waals surface area contributed by atoms with E-state index in [1.807, 2.05) is 24.3 Å². The van der Waals surface area contributed by atoms with Gasteiger partial charge in [0.1, 0.15) is 0 Å². The summed E-state index contributed by atoms with van der Waals surface area (Å²) < 4.78 is 6.53. The first-order valence-corrected chi connectivity index (χ1v) is 11.1. The number of nitriles is 1. The molecule has 0 radical (unpaired) electrons. The van der Waals surface area contributed by atoms with Gasteiger partial charge in [-0.2, -0.15) is 5.26 Å². The maximum Gasteiger partial charge on any atom is 0.240 e. The summed E-state index contributed by atoms with van der Waals surface area (Å²) in [4.78, 5) is 28.9. The number of rotatable bonds is 6. The molecule has 3 saturated heterocycles. The molecule has 6 heteroatoms. The lowest BCUT2D eigenvalue weighted by atomic mass is 9.65. The lowest BCUT2D eigenvalue weighted by Gasteiger charge is -2.31. The largest absolute Gasteiger partial charge is 0.396 e. The molecule has 0 aromatic heterocycles. The number of amides is 2. The van der Waals surface area contributed by atoms with Crippen molar-refractivity contribution in [3.63, 3.8) is 0 Å². The minimum absolute atomic E-state index is 0.0751. The van der Waals surface area contributed by atoms with E-state index in [2.05, 4.69) is 13.0 Å². The first-order valence-electron chi connectivity index (χ1n) is 11.1. The van der Waals surface area contributed by atoms with Crippen molar-refractivity contribution in [2.75, 3.05) is 11.5 Å². The Labute approximate surface area is 181 Å². The second-order valence-electron chi connectivity index (χ2n) is 9.07. The van der Waals surface area contributed by atoms with E-state index in [1.165, 1.54) is 4.90 Å². The van der Waals surface area contributed by atoms with E-state index in [4.69, 9.17) is 4.74 Å². The fourth-order valence-electron chi connectivity index (χ4n) is 6.24. The Kier molecular flexibility index (Phi) is 4.65. The number of benzene rings is 2. The molecule has 0 aliphatic carbocycles. The van der Waals surface area contributed by atoms with Crippen LogP contribution < -0.4 is 4.90 Å². The zero-order chi connectivity index (χ0) is 21.8. The molecule has 3 aliphatic heterocycles. The molecule has 0 spiro atoms. The molecule has 1 N–H and O–H groups in total. The monoisotopic (exact) mass is 418 g/mol. The molecule has 31 heavy (non-hydrogen) atoms. The summed E-state index contributed by atoms with van der Waals surface area (Å²) in [5.74, 6) is -1.52. The molecule has 3 aliphatic rings. The summed E-state index contributed by atoms with van der Waals surface area (Å²) in [6, 6.07) is 13.0. The number of hydrogen-bond acceptors (Lipinski definition) is 5. The number of hydrogen-bond donors (Lipinski definition) is 1. The third kappa shape index (κ3) is 2.63. The predicted octanol–water partition coefficient (Wildman–Crippen LogP) is 3.69. The number of fused-ring (bicyclic) bond motifs is 6. The maximum atomic E-state index is 13.8. The third-order valence-corrected chi connectivity index (χ3v) is 7.57. The predicted molar refractivity (Wildman–Crippen MR) is 115 cm³/mol. The molecule has 3 fully saturated rings. The molecule has 3 heterocycles. The Balaban J connectivity index is 1.64. The van der Waals surface area contributed by atoms with Gasteiger partial charge in [-0.25, -0.2) is 4.90 Å². The Hall–Kier alpha value is -2.75. The number of anilines is 1. The number of aliphatic hydroxyl groups is 1. The molecule has 2 bridgehead atoms. The van der Waals surface area contributed by atoms with Crippen LogP contribution in [0.1, 0.15) is 51.0 Å². The highest BCUT2D eigenvalue weighted by molar-refractivity contribution is 6.26. The number of aliphatic hydroxyl groups excluding tert-OH is 1. The Morgan fingerprint density at radius 3 is 2.32 bits per heavy atom. The van der Waals surface area contributed by atoms with Crippen LogP contribution in [0.3, 0.4) is 0 Å². The highest BCUT2D eigenvalue weighted by Crippen LogP contribution is 2.64. The normalized spacial score (nSPS) is 31.5. The highest BCUT2D eigenvalue weighted by Gasteiger charge is 2.74. The van der Waals surface area contributed by atoms with E-state index in [0.29, 0.717) is 24.1 Å². The fraction of sp³-hybridized carbons (Fsp3) is 0.480. The summed E-state index contributed by atoms with van der Waals surface area (Å²) in [6.45, 7) is 2.03. The van der Waals surface area contributed by atoms with Crippen LogP contribution in [0.4, 0.5) is 5.69 Å². The van der Waals surface area contributed by atoms with Gasteiger partial charge in [0.05, 0.1) is 40.4 Å². The number of imide groups is 1. The van der Waals surface area contributed by atoms with Gasteiger partial charge < -0.3 is 9.84 Å². The highest BCUT2D eigenvalue weighted by atomic mass is 16.5. The van der Waals surface area contributed by atoms with Gasteiger partial charge in [-0.05, 0) is 31.4 Å². The molecule has 2 aromatic rings. The molecule has 6 nitrogen and oxygen atoms in total. The molecule has 4 atom stereocenters. The topological polar surface area (TPSA) is 90.6 Å². The summed E-state index contributed by atoms with van der Waals surface area (Å²) in [6.07, 6.45) is 4.47. The zero-order valence-electron chi connectivity index (χ0n) is 17.6. The summed E-state index contributed by atoms with van der Waals surface area (Å²) in [7, 11) is 0. The number of ether oxygens (including phenoxy) is 1. The van der Waals surface area contributed by atoms with Crippen LogP contribution in [0.25, 0.3) is 10.8 Å². The Bertz CT molecular complexity index is 1120. The van der Waals surface area contributed by atoms with Crippen LogP contribution in [-0.2, 0) is 14.3 Å². The van der Waals surface area contributed by atoms with E-state index < -0.39 is 23.0 Å². The Morgan fingerprint density at radius 1 is 1.06 bits per heavy atom. The van der Waals surface area contributed by atoms with Gasteiger partial charge in [0.2, 0.25) is 11.8 Å². The standard InChI is InChI=1S/C25H26N2O4/c1-2-3-10-24-11-12-25(31-24,13-14-28)21-20(24)22(29)27(23(21)30)19-9-8-16(15-26)17-6-4-5-7-18(17)19/h4-9,20-21,28H,2-3,10-14H2,1H3/t20-,21+,24?,25?/m0/s1. The molecular formula is C25H26N2O4. The van der Waals surface area contributed by atoms with E-state index in [1.54, 1.807) is 12.1 Å². The summed E-state index contributed by atoms with van der Waals surface area (Å²) >= 11 is 0. The smallest absolute Gasteiger partial charge is 0.240 e. The average molecular weight is 418 g/mol. The second-order valence-corrected chi connectivity index (χ2v) is 9.07. The second kappa shape index (κ2) is 7.15. The number of carbonyl (C=O) groups excluding carboxylic acids is 2. The van der Waals surface area contributed by atoms with Crippen molar-refractivity contribution >= 4 is 28.3 Å². The van der Waals surface area contributed by atoms with E-state index in [-0.39, 0.29) is 18.4 Å². The number of unbranched alkanes of at least 4 members (excludes halogenated alkanes) is 1. The number of carbonyl (C=O) groups is 2. The lowest BCUT2D eigenvalue weighted by molar-refractivity contribution is -0.132. The fourth-order valence-corrected chi connectivity index (χ4v) is 6.24. The third-order valence-electron chi connectivity index (χ3n) is 7.57. The molecule has 2 unspecified atom stereocenters. The van der Waals surface area contributed by atoms with Crippen LogP contribution in [0.15, 0.2) is 36.4 Å². The number of nitrogens with zero attached hydrogens (tertiary/aromatic N) is 2. The molecule has 5 rings (SSSR count). The van der Waals surface area contributed by atoms with Crippen molar-refractivity contribution in [2.24, 2.45) is 11.8 Å². The SMILES string of the molecule is CCCCC12CCC(CCO)(O1)[C@H]1C(=O)N(c3ccc(C#N)c4ccccc34)C(=O)[C@H]12. The molecule has 160 valence electrons. The van der Waals surface area contributed by atoms with Gasteiger partial charge in [-0.3, -0.25) is 9.59 Å². The minimum atomic E-state index is -0.767. The molecule has 2 amide bonds.